The summed E-state index contributed by atoms with van der Waals surface area (Å²) in [5.41, 5.74) is 3.23. The van der Waals surface area contributed by atoms with Gasteiger partial charge < -0.3 is 9.51 Å². The molecule has 3 aromatic rings. The first-order valence-electron chi connectivity index (χ1n) is 10.1. The van der Waals surface area contributed by atoms with Gasteiger partial charge in [0.1, 0.15) is 0 Å². The van der Waals surface area contributed by atoms with E-state index in [1.807, 2.05) is 24.3 Å². The molecule has 5 rings (SSSR count). The minimum absolute atomic E-state index is 0.0753. The van der Waals surface area contributed by atoms with Gasteiger partial charge in [0.05, 0.1) is 23.8 Å². The van der Waals surface area contributed by atoms with Crippen molar-refractivity contribution in [2.75, 3.05) is 6.54 Å². The molecule has 1 aromatic carbocycles. The van der Waals surface area contributed by atoms with Gasteiger partial charge in [0, 0.05) is 30.1 Å². The lowest BCUT2D eigenvalue weighted by molar-refractivity contribution is 0.104. The van der Waals surface area contributed by atoms with E-state index in [0.717, 1.165) is 36.7 Å². The first-order valence-corrected chi connectivity index (χ1v) is 10.5. The smallest absolute Gasteiger partial charge is 0.244 e. The van der Waals surface area contributed by atoms with Gasteiger partial charge in [0.2, 0.25) is 11.7 Å². The number of H-pyrrole nitrogens is 1. The molecule has 2 aliphatic rings. The van der Waals surface area contributed by atoms with Crippen molar-refractivity contribution in [2.45, 2.75) is 51.1 Å². The summed E-state index contributed by atoms with van der Waals surface area (Å²) in [5, 5.41) is 4.93. The maximum atomic E-state index is 5.99. The van der Waals surface area contributed by atoms with E-state index in [0.29, 0.717) is 16.7 Å². The zero-order chi connectivity index (χ0) is 18.9. The summed E-state index contributed by atoms with van der Waals surface area (Å²) in [6.45, 7) is 1.93. The summed E-state index contributed by atoms with van der Waals surface area (Å²) in [6.07, 6.45) is 9.29. The third kappa shape index (κ3) is 3.59. The number of aromatic amines is 1. The van der Waals surface area contributed by atoms with E-state index < -0.39 is 0 Å². The minimum atomic E-state index is 0.0753. The Morgan fingerprint density at radius 1 is 1.14 bits per heavy atom. The molecular formula is C21H24ClN5O. The van der Waals surface area contributed by atoms with Crippen LogP contribution in [0, 0.1) is 5.92 Å². The van der Waals surface area contributed by atoms with Crippen molar-refractivity contribution in [3.63, 3.8) is 0 Å². The average molecular weight is 398 g/mol. The molecule has 1 aliphatic heterocycles. The van der Waals surface area contributed by atoms with Gasteiger partial charge in [-0.05, 0) is 43.0 Å². The molecule has 0 unspecified atom stereocenters. The zero-order valence-corrected chi connectivity index (χ0v) is 16.5. The second-order valence-corrected chi connectivity index (χ2v) is 8.38. The number of benzene rings is 1. The van der Waals surface area contributed by atoms with Gasteiger partial charge in [-0.1, -0.05) is 36.0 Å². The maximum absolute atomic E-state index is 5.99. The van der Waals surface area contributed by atoms with Crippen LogP contribution in [0.2, 0.25) is 5.02 Å². The largest absolute Gasteiger partial charge is 0.347 e. The van der Waals surface area contributed by atoms with Crippen molar-refractivity contribution in [1.29, 1.82) is 0 Å². The number of halogens is 1. The van der Waals surface area contributed by atoms with Gasteiger partial charge in [0.15, 0.2) is 0 Å². The number of hydrogen-bond donors (Lipinski definition) is 1. The van der Waals surface area contributed by atoms with Crippen molar-refractivity contribution >= 4 is 11.6 Å². The molecule has 2 aromatic heterocycles. The Kier molecular flexibility index (Phi) is 4.91. The highest BCUT2D eigenvalue weighted by molar-refractivity contribution is 6.30. The highest BCUT2D eigenvalue weighted by atomic mass is 35.5. The Morgan fingerprint density at radius 2 is 1.96 bits per heavy atom. The maximum Gasteiger partial charge on any atom is 0.244 e. The van der Waals surface area contributed by atoms with Gasteiger partial charge in [-0.15, -0.1) is 0 Å². The highest BCUT2D eigenvalue weighted by Crippen LogP contribution is 2.35. The van der Waals surface area contributed by atoms with Gasteiger partial charge >= 0.3 is 0 Å². The molecule has 0 saturated heterocycles. The normalized spacial score (nSPS) is 21.0. The Morgan fingerprint density at radius 3 is 2.79 bits per heavy atom. The van der Waals surface area contributed by atoms with Crippen molar-refractivity contribution in [3.05, 3.63) is 52.9 Å². The molecular weight excluding hydrogens is 374 g/mol. The third-order valence-electron chi connectivity index (χ3n) is 6.04. The number of hydrogen-bond acceptors (Lipinski definition) is 5. The number of nitrogens with one attached hydrogen (secondary N) is 1. The summed E-state index contributed by atoms with van der Waals surface area (Å²) in [7, 11) is 0. The molecule has 6 nitrogen and oxygen atoms in total. The van der Waals surface area contributed by atoms with Crippen LogP contribution >= 0.6 is 11.6 Å². The second-order valence-electron chi connectivity index (χ2n) is 7.94. The monoisotopic (exact) mass is 397 g/mol. The second kappa shape index (κ2) is 7.68. The average Bonchev–Trinajstić information content (AvgIpc) is 3.38. The molecule has 28 heavy (non-hydrogen) atoms. The predicted octanol–water partition coefficient (Wildman–Crippen LogP) is 4.79. The number of aromatic nitrogens is 4. The predicted molar refractivity (Wildman–Crippen MR) is 107 cm³/mol. The van der Waals surface area contributed by atoms with Crippen molar-refractivity contribution in [3.8, 4) is 11.4 Å². The summed E-state index contributed by atoms with van der Waals surface area (Å²) in [5.74, 6) is 2.03. The zero-order valence-electron chi connectivity index (χ0n) is 15.8. The van der Waals surface area contributed by atoms with Gasteiger partial charge in [-0.3, -0.25) is 4.90 Å². The molecule has 1 N–H and O–H groups in total. The van der Waals surface area contributed by atoms with E-state index in [1.54, 1.807) is 6.33 Å². The van der Waals surface area contributed by atoms with Gasteiger partial charge in [-0.2, -0.15) is 4.98 Å². The fourth-order valence-electron chi connectivity index (χ4n) is 4.51. The van der Waals surface area contributed by atoms with Crippen LogP contribution in [0.1, 0.15) is 55.4 Å². The lowest BCUT2D eigenvalue weighted by Gasteiger charge is -2.36. The van der Waals surface area contributed by atoms with Crippen LogP contribution < -0.4 is 0 Å². The standard InChI is InChI=1S/C21H24ClN5O/c22-16-8-6-15(7-9-16)20-25-21(28-26-20)19-10-17-18(24-13-23-17)12-27(19)11-14-4-2-1-3-5-14/h6-9,13-14,19H,1-5,10-12H2,(H,23,24)/t19-/m0/s1. The van der Waals surface area contributed by atoms with Crippen LogP contribution in [0.25, 0.3) is 11.4 Å². The fourth-order valence-corrected chi connectivity index (χ4v) is 4.64. The SMILES string of the molecule is Clc1ccc(-c2noc([C@@H]3Cc4nc[nH]c4CN3CC3CCCCC3)n2)cc1. The molecule has 1 atom stereocenters. The van der Waals surface area contributed by atoms with Crippen LogP contribution in [-0.4, -0.2) is 31.6 Å². The third-order valence-corrected chi connectivity index (χ3v) is 6.29. The van der Waals surface area contributed by atoms with Crippen LogP contribution in [-0.2, 0) is 13.0 Å². The van der Waals surface area contributed by atoms with Crippen LogP contribution in [0.3, 0.4) is 0 Å². The molecule has 0 amide bonds. The summed E-state index contributed by atoms with van der Waals surface area (Å²) < 4.78 is 5.73. The topological polar surface area (TPSA) is 70.8 Å². The number of rotatable bonds is 4. The Bertz CT molecular complexity index is 928. The van der Waals surface area contributed by atoms with Crippen LogP contribution in [0.15, 0.2) is 35.1 Å². The summed E-state index contributed by atoms with van der Waals surface area (Å²) >= 11 is 5.99. The quantitative estimate of drug-likeness (QED) is 0.685. The highest BCUT2D eigenvalue weighted by Gasteiger charge is 2.34. The Labute approximate surface area is 169 Å². The summed E-state index contributed by atoms with van der Waals surface area (Å²) in [6, 6.07) is 7.61. The Balaban J connectivity index is 1.41. The van der Waals surface area contributed by atoms with E-state index in [-0.39, 0.29) is 6.04 Å². The molecule has 1 saturated carbocycles. The van der Waals surface area contributed by atoms with E-state index in [2.05, 4.69) is 20.0 Å². The molecule has 146 valence electrons. The molecule has 7 heteroatoms. The van der Waals surface area contributed by atoms with E-state index >= 15 is 0 Å². The number of fused-ring (bicyclic) bond motifs is 1. The van der Waals surface area contributed by atoms with Crippen LogP contribution in [0.5, 0.6) is 0 Å². The van der Waals surface area contributed by atoms with Gasteiger partial charge in [0.25, 0.3) is 0 Å². The first kappa shape index (κ1) is 17.9. The number of nitrogens with zero attached hydrogens (tertiary/aromatic N) is 4. The summed E-state index contributed by atoms with van der Waals surface area (Å²) in [4.78, 5) is 15.0. The van der Waals surface area contributed by atoms with Crippen molar-refractivity contribution < 1.29 is 4.52 Å². The van der Waals surface area contributed by atoms with E-state index in [9.17, 15) is 0 Å². The van der Waals surface area contributed by atoms with Gasteiger partial charge in [-0.25, -0.2) is 4.98 Å². The van der Waals surface area contributed by atoms with Crippen molar-refractivity contribution in [1.82, 2.24) is 25.0 Å². The molecule has 3 heterocycles. The first-order chi connectivity index (χ1) is 13.8. The lowest BCUT2D eigenvalue weighted by Crippen LogP contribution is -2.38. The minimum Gasteiger partial charge on any atom is -0.347 e. The lowest BCUT2D eigenvalue weighted by atomic mass is 9.88. The Hall–Kier alpha value is -2.18. The van der Waals surface area contributed by atoms with E-state index in [4.69, 9.17) is 21.1 Å². The molecule has 1 fully saturated rings. The van der Waals surface area contributed by atoms with Crippen molar-refractivity contribution in [2.24, 2.45) is 5.92 Å². The fraction of sp³-hybridized carbons (Fsp3) is 0.476. The molecule has 0 radical (unpaired) electrons. The molecule has 0 bridgehead atoms. The number of imidazole rings is 1. The molecule has 1 aliphatic carbocycles. The molecule has 0 spiro atoms. The van der Waals surface area contributed by atoms with Crippen LogP contribution in [0.4, 0.5) is 0 Å². The van der Waals surface area contributed by atoms with E-state index in [1.165, 1.54) is 37.8 Å².